The van der Waals surface area contributed by atoms with Gasteiger partial charge in [0.2, 0.25) is 0 Å². The maximum absolute atomic E-state index is 13.9. The number of aryl methyl sites for hydroxylation is 1. The van der Waals surface area contributed by atoms with Gasteiger partial charge in [0.1, 0.15) is 30.1 Å². The van der Waals surface area contributed by atoms with Crippen molar-refractivity contribution in [1.29, 1.82) is 0 Å². The van der Waals surface area contributed by atoms with Crippen LogP contribution in [0.1, 0.15) is 22.3 Å². The predicted molar refractivity (Wildman–Crippen MR) is 139 cm³/mol. The number of rotatable bonds is 10. The first-order valence-electron chi connectivity index (χ1n) is 11.9. The van der Waals surface area contributed by atoms with E-state index in [1.165, 1.54) is 30.0 Å². The SMILES string of the molecule is Cl.O=C(CCc1ccc(F)cc1)c1cc(F)ccc1OCC(O)CN1CCN(c2ccccc2)CC1. The molecular formula is C28H31ClF2N2O3. The number of aliphatic hydroxyl groups is 1. The fraction of sp³-hybridized carbons (Fsp3) is 0.321. The minimum absolute atomic E-state index is 0. The molecule has 1 saturated heterocycles. The molecule has 5 nitrogen and oxygen atoms in total. The molecule has 1 atom stereocenters. The Balaban J connectivity index is 0.00000361. The maximum Gasteiger partial charge on any atom is 0.167 e. The number of ketones is 1. The lowest BCUT2D eigenvalue weighted by Gasteiger charge is -2.36. The molecule has 4 rings (SSSR count). The highest BCUT2D eigenvalue weighted by atomic mass is 35.5. The van der Waals surface area contributed by atoms with E-state index < -0.39 is 11.9 Å². The maximum atomic E-state index is 13.9. The molecule has 1 aliphatic heterocycles. The second-order valence-corrected chi connectivity index (χ2v) is 8.78. The van der Waals surface area contributed by atoms with E-state index in [0.29, 0.717) is 13.0 Å². The molecule has 0 bridgehead atoms. The number of carbonyl (C=O) groups excluding carboxylic acids is 1. The van der Waals surface area contributed by atoms with Crippen LogP contribution in [0.15, 0.2) is 72.8 Å². The van der Waals surface area contributed by atoms with Crippen LogP contribution in [0.25, 0.3) is 0 Å². The number of benzene rings is 3. The van der Waals surface area contributed by atoms with Crippen molar-refractivity contribution < 1.29 is 23.4 Å². The molecular weight excluding hydrogens is 486 g/mol. The van der Waals surface area contributed by atoms with E-state index in [9.17, 15) is 18.7 Å². The van der Waals surface area contributed by atoms with Gasteiger partial charge in [-0.15, -0.1) is 12.4 Å². The lowest BCUT2D eigenvalue weighted by Crippen LogP contribution is -2.49. The zero-order valence-electron chi connectivity index (χ0n) is 20.0. The number of Topliss-reactive ketones (excluding diaryl/α,β-unsaturated/α-hetero) is 1. The van der Waals surface area contributed by atoms with Crippen LogP contribution in [-0.4, -0.2) is 61.2 Å². The second kappa shape index (κ2) is 13.3. The number of para-hydroxylation sites is 1. The van der Waals surface area contributed by atoms with Crippen LogP contribution in [-0.2, 0) is 6.42 Å². The van der Waals surface area contributed by atoms with E-state index in [2.05, 4.69) is 21.9 Å². The van der Waals surface area contributed by atoms with Crippen LogP contribution in [0, 0.1) is 11.6 Å². The highest BCUT2D eigenvalue weighted by molar-refractivity contribution is 5.98. The van der Waals surface area contributed by atoms with E-state index in [0.717, 1.165) is 37.8 Å². The summed E-state index contributed by atoms with van der Waals surface area (Å²) in [4.78, 5) is 17.3. The van der Waals surface area contributed by atoms with E-state index in [4.69, 9.17) is 4.74 Å². The lowest BCUT2D eigenvalue weighted by atomic mass is 10.0. The van der Waals surface area contributed by atoms with Crippen molar-refractivity contribution in [2.24, 2.45) is 0 Å². The van der Waals surface area contributed by atoms with Gasteiger partial charge in [0.25, 0.3) is 0 Å². The molecule has 1 aliphatic rings. The molecule has 0 radical (unpaired) electrons. The number of ether oxygens (including phenoxy) is 1. The third kappa shape index (κ3) is 7.75. The van der Waals surface area contributed by atoms with Gasteiger partial charge in [-0.25, -0.2) is 8.78 Å². The number of piperazine rings is 1. The molecule has 1 unspecified atom stereocenters. The Kier molecular flexibility index (Phi) is 10.2. The zero-order valence-corrected chi connectivity index (χ0v) is 20.8. The Labute approximate surface area is 216 Å². The average molecular weight is 517 g/mol. The number of carbonyl (C=O) groups is 1. The van der Waals surface area contributed by atoms with Crippen molar-refractivity contribution in [2.75, 3.05) is 44.2 Å². The number of aliphatic hydroxyl groups excluding tert-OH is 1. The first-order valence-corrected chi connectivity index (χ1v) is 11.9. The number of nitrogens with zero attached hydrogens (tertiary/aromatic N) is 2. The molecule has 0 spiro atoms. The summed E-state index contributed by atoms with van der Waals surface area (Å²) in [5.41, 5.74) is 2.17. The third-order valence-corrected chi connectivity index (χ3v) is 6.19. The van der Waals surface area contributed by atoms with Crippen LogP contribution < -0.4 is 9.64 Å². The summed E-state index contributed by atoms with van der Waals surface area (Å²) in [5, 5.41) is 10.5. The first kappa shape index (κ1) is 27.6. The number of halogens is 3. The Morgan fingerprint density at radius 3 is 2.28 bits per heavy atom. The van der Waals surface area contributed by atoms with Crippen molar-refractivity contribution in [2.45, 2.75) is 18.9 Å². The topological polar surface area (TPSA) is 53.0 Å². The predicted octanol–water partition coefficient (Wildman–Crippen LogP) is 4.76. The fourth-order valence-electron chi connectivity index (χ4n) is 4.25. The molecule has 192 valence electrons. The molecule has 1 N–H and O–H groups in total. The van der Waals surface area contributed by atoms with Crippen LogP contribution >= 0.6 is 12.4 Å². The summed E-state index contributed by atoms with van der Waals surface area (Å²) in [5.74, 6) is -0.879. The van der Waals surface area contributed by atoms with Gasteiger partial charge in [-0.05, 0) is 54.4 Å². The van der Waals surface area contributed by atoms with Gasteiger partial charge >= 0.3 is 0 Å². The van der Waals surface area contributed by atoms with Crippen molar-refractivity contribution >= 4 is 23.9 Å². The second-order valence-electron chi connectivity index (χ2n) is 8.78. The van der Waals surface area contributed by atoms with E-state index in [-0.39, 0.29) is 48.3 Å². The molecule has 3 aromatic rings. The minimum atomic E-state index is -0.745. The normalized spacial score (nSPS) is 14.7. The van der Waals surface area contributed by atoms with Crippen LogP contribution in [0.4, 0.5) is 14.5 Å². The minimum Gasteiger partial charge on any atom is -0.490 e. The van der Waals surface area contributed by atoms with E-state index in [1.54, 1.807) is 12.1 Å². The summed E-state index contributed by atoms with van der Waals surface area (Å²) in [6, 6.07) is 20.0. The van der Waals surface area contributed by atoms with Crippen LogP contribution in [0.5, 0.6) is 5.75 Å². The van der Waals surface area contributed by atoms with Crippen molar-refractivity contribution in [1.82, 2.24) is 4.90 Å². The molecule has 8 heteroatoms. The van der Waals surface area contributed by atoms with Gasteiger partial charge in [-0.3, -0.25) is 9.69 Å². The van der Waals surface area contributed by atoms with Gasteiger partial charge in [0, 0.05) is 44.8 Å². The largest absolute Gasteiger partial charge is 0.490 e. The summed E-state index contributed by atoms with van der Waals surface area (Å²) >= 11 is 0. The molecule has 0 saturated carbocycles. The quantitative estimate of drug-likeness (QED) is 0.394. The summed E-state index contributed by atoms with van der Waals surface area (Å²) in [7, 11) is 0. The average Bonchev–Trinajstić information content (AvgIpc) is 2.88. The van der Waals surface area contributed by atoms with Crippen molar-refractivity contribution in [3.05, 3.63) is 95.6 Å². The molecule has 1 fully saturated rings. The number of hydrogen-bond acceptors (Lipinski definition) is 5. The van der Waals surface area contributed by atoms with Gasteiger partial charge in [-0.1, -0.05) is 30.3 Å². The van der Waals surface area contributed by atoms with Gasteiger partial charge in [0.05, 0.1) is 5.56 Å². The highest BCUT2D eigenvalue weighted by Gasteiger charge is 2.21. The van der Waals surface area contributed by atoms with Gasteiger partial charge in [-0.2, -0.15) is 0 Å². The van der Waals surface area contributed by atoms with Crippen molar-refractivity contribution in [3.8, 4) is 5.75 Å². The number of β-amino-alcohol motifs (C(OH)–C–C–N with tert-alkyl or cyclic N) is 1. The Bertz CT molecular complexity index is 1110. The number of anilines is 1. The van der Waals surface area contributed by atoms with Crippen LogP contribution in [0.3, 0.4) is 0 Å². The molecule has 0 aliphatic carbocycles. The monoisotopic (exact) mass is 516 g/mol. The van der Waals surface area contributed by atoms with E-state index >= 15 is 0 Å². The third-order valence-electron chi connectivity index (χ3n) is 6.19. The summed E-state index contributed by atoms with van der Waals surface area (Å²) < 4.78 is 32.7. The summed E-state index contributed by atoms with van der Waals surface area (Å²) in [6.07, 6.45) is -0.197. The van der Waals surface area contributed by atoms with E-state index in [1.807, 2.05) is 18.2 Å². The smallest absolute Gasteiger partial charge is 0.167 e. The Morgan fingerprint density at radius 1 is 0.917 bits per heavy atom. The fourth-order valence-corrected chi connectivity index (χ4v) is 4.25. The summed E-state index contributed by atoms with van der Waals surface area (Å²) in [6.45, 7) is 3.87. The molecule has 36 heavy (non-hydrogen) atoms. The zero-order chi connectivity index (χ0) is 24.6. The Hall–Kier alpha value is -3.00. The molecule has 0 aromatic heterocycles. The number of hydrogen-bond donors (Lipinski definition) is 1. The van der Waals surface area contributed by atoms with Gasteiger partial charge < -0.3 is 14.7 Å². The standard InChI is InChI=1S/C28H30F2N2O3.ClH/c29-22-9-6-21(7-10-22)8-12-27(34)26-18-23(30)11-13-28(26)35-20-25(33)19-31-14-16-32(17-15-31)24-4-2-1-3-5-24;/h1-7,9-11,13,18,25,33H,8,12,14-17,19-20H2;1H. The molecule has 3 aromatic carbocycles. The first-order chi connectivity index (χ1) is 17.0. The molecule has 1 heterocycles. The van der Waals surface area contributed by atoms with Gasteiger partial charge in [0.15, 0.2) is 5.78 Å². The highest BCUT2D eigenvalue weighted by Crippen LogP contribution is 2.23. The van der Waals surface area contributed by atoms with Crippen molar-refractivity contribution in [3.63, 3.8) is 0 Å². The van der Waals surface area contributed by atoms with Crippen LogP contribution in [0.2, 0.25) is 0 Å². The molecule has 0 amide bonds. The lowest BCUT2D eigenvalue weighted by molar-refractivity contribution is 0.0655. The Morgan fingerprint density at radius 2 is 1.58 bits per heavy atom.